The Bertz CT molecular complexity index is 343. The third-order valence-corrected chi connectivity index (χ3v) is 1.40. The number of hydrogen-bond acceptors (Lipinski definition) is 4. The van der Waals surface area contributed by atoms with E-state index in [9.17, 15) is 0 Å². The van der Waals surface area contributed by atoms with E-state index in [2.05, 4.69) is 9.97 Å². The van der Waals surface area contributed by atoms with E-state index in [4.69, 9.17) is 15.3 Å². The zero-order valence-corrected chi connectivity index (χ0v) is 7.11. The number of aromatic nitrogens is 2. The molecule has 5 heteroatoms. The number of rotatable bonds is 3. The summed E-state index contributed by atoms with van der Waals surface area (Å²) in [6, 6.07) is 3.63. The highest BCUT2D eigenvalue weighted by atomic mass is 16.5. The summed E-state index contributed by atoms with van der Waals surface area (Å²) >= 11 is 0. The molecule has 1 N–H and O–H groups in total. The largest absolute Gasteiger partial charge is 0.478 e. The van der Waals surface area contributed by atoms with Crippen molar-refractivity contribution in [1.29, 1.82) is 10.5 Å². The Balaban J connectivity index is 2.81. The first-order chi connectivity index (χ1) is 6.31. The first-order valence-corrected chi connectivity index (χ1v) is 3.78. The fraction of sp³-hybridized carbons (Fsp3) is 0.375. The van der Waals surface area contributed by atoms with Crippen LogP contribution in [0, 0.1) is 22.7 Å². The third-order valence-electron chi connectivity index (χ3n) is 1.40. The summed E-state index contributed by atoms with van der Waals surface area (Å²) in [5.74, 6) is -0.0457. The minimum absolute atomic E-state index is 0.327. The van der Waals surface area contributed by atoms with Crippen molar-refractivity contribution in [3.63, 3.8) is 0 Å². The number of hydrogen-bond donors (Lipinski definition) is 1. The van der Waals surface area contributed by atoms with Gasteiger partial charge in [-0.25, -0.2) is 4.98 Å². The van der Waals surface area contributed by atoms with Crippen LogP contribution in [-0.2, 0) is 0 Å². The molecule has 0 saturated carbocycles. The number of aromatic amines is 1. The molecule has 0 amide bonds. The summed E-state index contributed by atoms with van der Waals surface area (Å²) in [6.45, 7) is 2.36. The standard InChI is InChI=1S/C8H8N4O/c1-2-13-7-5-11-8(12-7)6(3-9)4-10/h5-6H,2H2,1H3,(H,11,12). The van der Waals surface area contributed by atoms with E-state index < -0.39 is 5.92 Å². The van der Waals surface area contributed by atoms with E-state index in [-0.39, 0.29) is 0 Å². The van der Waals surface area contributed by atoms with Crippen molar-refractivity contribution in [1.82, 2.24) is 9.97 Å². The molecular formula is C8H8N4O. The van der Waals surface area contributed by atoms with Gasteiger partial charge < -0.3 is 9.72 Å². The first-order valence-electron chi connectivity index (χ1n) is 3.78. The molecule has 0 spiro atoms. The number of H-pyrrole nitrogens is 1. The Labute approximate surface area is 75.6 Å². The van der Waals surface area contributed by atoms with Gasteiger partial charge >= 0.3 is 0 Å². The lowest BCUT2D eigenvalue weighted by Gasteiger charge is -1.96. The van der Waals surface area contributed by atoms with Crippen molar-refractivity contribution in [2.75, 3.05) is 6.61 Å². The highest BCUT2D eigenvalue weighted by Gasteiger charge is 2.12. The van der Waals surface area contributed by atoms with Crippen molar-refractivity contribution in [3.05, 3.63) is 12.0 Å². The molecule has 0 bridgehead atoms. The number of imidazole rings is 1. The van der Waals surface area contributed by atoms with Gasteiger partial charge in [-0.3, -0.25) is 0 Å². The quantitative estimate of drug-likeness (QED) is 0.742. The minimum Gasteiger partial charge on any atom is -0.478 e. The van der Waals surface area contributed by atoms with E-state index in [1.807, 2.05) is 19.1 Å². The molecule has 0 aliphatic heterocycles. The molecule has 13 heavy (non-hydrogen) atoms. The number of nitrogens with zero attached hydrogens (tertiary/aromatic N) is 3. The molecule has 0 radical (unpaired) electrons. The number of nitriles is 2. The molecule has 1 rings (SSSR count). The predicted octanol–water partition coefficient (Wildman–Crippen LogP) is 0.939. The summed E-state index contributed by atoms with van der Waals surface area (Å²) in [5, 5.41) is 17.1. The summed E-state index contributed by atoms with van der Waals surface area (Å²) in [4.78, 5) is 6.59. The molecule has 0 aromatic carbocycles. The van der Waals surface area contributed by atoms with Crippen molar-refractivity contribution < 1.29 is 4.74 Å². The second-order valence-electron chi connectivity index (χ2n) is 2.26. The summed E-state index contributed by atoms with van der Waals surface area (Å²) in [5.41, 5.74) is 0. The van der Waals surface area contributed by atoms with E-state index in [0.717, 1.165) is 0 Å². The molecule has 0 aliphatic carbocycles. The zero-order valence-electron chi connectivity index (χ0n) is 7.11. The molecule has 5 nitrogen and oxygen atoms in total. The molecule has 1 aromatic heterocycles. The Hall–Kier alpha value is -2.01. The van der Waals surface area contributed by atoms with Crippen LogP contribution < -0.4 is 4.74 Å². The zero-order chi connectivity index (χ0) is 9.68. The highest BCUT2D eigenvalue weighted by molar-refractivity contribution is 5.22. The average molecular weight is 176 g/mol. The van der Waals surface area contributed by atoms with Gasteiger partial charge in [-0.2, -0.15) is 10.5 Å². The van der Waals surface area contributed by atoms with Crippen molar-refractivity contribution in [2.24, 2.45) is 0 Å². The van der Waals surface area contributed by atoms with E-state index in [1.165, 1.54) is 6.20 Å². The smallest absolute Gasteiger partial charge is 0.211 e. The lowest BCUT2D eigenvalue weighted by atomic mass is 10.2. The van der Waals surface area contributed by atoms with Gasteiger partial charge in [-0.05, 0) is 6.92 Å². The van der Waals surface area contributed by atoms with Gasteiger partial charge in [-0.15, -0.1) is 0 Å². The van der Waals surface area contributed by atoms with E-state index in [0.29, 0.717) is 18.3 Å². The second-order valence-corrected chi connectivity index (χ2v) is 2.26. The van der Waals surface area contributed by atoms with Crippen LogP contribution in [0.2, 0.25) is 0 Å². The van der Waals surface area contributed by atoms with Crippen LogP contribution in [0.5, 0.6) is 5.88 Å². The molecule has 0 unspecified atom stereocenters. The molecule has 0 saturated heterocycles. The Morgan fingerprint density at radius 2 is 2.31 bits per heavy atom. The fourth-order valence-electron chi connectivity index (χ4n) is 0.846. The van der Waals surface area contributed by atoms with Crippen LogP contribution in [0.15, 0.2) is 6.20 Å². The average Bonchev–Trinajstić information content (AvgIpc) is 2.56. The molecule has 0 fully saturated rings. The summed E-state index contributed by atoms with van der Waals surface area (Å²) in [7, 11) is 0. The maximum Gasteiger partial charge on any atom is 0.211 e. The first kappa shape index (κ1) is 9.08. The molecule has 1 aromatic rings. The van der Waals surface area contributed by atoms with E-state index in [1.54, 1.807) is 0 Å². The van der Waals surface area contributed by atoms with E-state index >= 15 is 0 Å². The lowest BCUT2D eigenvalue weighted by Crippen LogP contribution is -1.95. The van der Waals surface area contributed by atoms with Crippen LogP contribution in [0.4, 0.5) is 0 Å². The monoisotopic (exact) mass is 176 g/mol. The Morgan fingerprint density at radius 3 is 2.85 bits per heavy atom. The lowest BCUT2D eigenvalue weighted by molar-refractivity contribution is 0.328. The normalized spacial score (nSPS) is 9.23. The van der Waals surface area contributed by atoms with Gasteiger partial charge in [0.2, 0.25) is 5.88 Å². The predicted molar refractivity (Wildman–Crippen MR) is 43.7 cm³/mol. The second kappa shape index (κ2) is 4.13. The van der Waals surface area contributed by atoms with Gasteiger partial charge in [0.15, 0.2) is 5.92 Å². The van der Waals surface area contributed by atoms with Crippen LogP contribution in [0.3, 0.4) is 0 Å². The molecule has 66 valence electrons. The SMILES string of the molecule is CCOc1cnc(C(C#N)C#N)[nH]1. The van der Waals surface area contributed by atoms with Crippen LogP contribution in [0.25, 0.3) is 0 Å². The minimum atomic E-state index is -0.853. The van der Waals surface area contributed by atoms with Crippen LogP contribution >= 0.6 is 0 Å². The van der Waals surface area contributed by atoms with Crippen molar-refractivity contribution >= 4 is 0 Å². The van der Waals surface area contributed by atoms with Gasteiger partial charge in [0.05, 0.1) is 24.9 Å². The number of nitrogens with one attached hydrogen (secondary N) is 1. The topological polar surface area (TPSA) is 85.5 Å². The maximum absolute atomic E-state index is 8.55. The Morgan fingerprint density at radius 1 is 1.62 bits per heavy atom. The van der Waals surface area contributed by atoms with Gasteiger partial charge in [0.1, 0.15) is 5.82 Å². The molecule has 0 atom stereocenters. The van der Waals surface area contributed by atoms with Crippen LogP contribution in [0.1, 0.15) is 18.7 Å². The summed E-state index contributed by atoms with van der Waals surface area (Å²) < 4.78 is 5.09. The van der Waals surface area contributed by atoms with Crippen molar-refractivity contribution in [2.45, 2.75) is 12.8 Å². The summed E-state index contributed by atoms with van der Waals surface area (Å²) in [6.07, 6.45) is 1.46. The highest BCUT2D eigenvalue weighted by Crippen LogP contribution is 2.13. The third kappa shape index (κ3) is 1.97. The fourth-order valence-corrected chi connectivity index (χ4v) is 0.846. The Kier molecular flexibility index (Phi) is 2.88. The van der Waals surface area contributed by atoms with Crippen molar-refractivity contribution in [3.8, 4) is 18.0 Å². The van der Waals surface area contributed by atoms with Gasteiger partial charge in [0, 0.05) is 0 Å². The van der Waals surface area contributed by atoms with Gasteiger partial charge in [0.25, 0.3) is 0 Å². The number of ether oxygens (including phenoxy) is 1. The molecular weight excluding hydrogens is 168 g/mol. The molecule has 1 heterocycles. The van der Waals surface area contributed by atoms with Gasteiger partial charge in [-0.1, -0.05) is 0 Å². The molecule has 0 aliphatic rings. The van der Waals surface area contributed by atoms with Crippen LogP contribution in [-0.4, -0.2) is 16.6 Å². The maximum atomic E-state index is 8.55.